The zero-order chi connectivity index (χ0) is 12.9. The first kappa shape index (κ1) is 12.3. The molecule has 1 N–H and O–H groups in total. The Hall–Kier alpha value is -1.72. The van der Waals surface area contributed by atoms with E-state index in [0.717, 1.165) is 36.6 Å². The van der Waals surface area contributed by atoms with Gasteiger partial charge in [-0.05, 0) is 25.1 Å². The van der Waals surface area contributed by atoms with Gasteiger partial charge in [0, 0.05) is 24.7 Å². The summed E-state index contributed by atoms with van der Waals surface area (Å²) in [6.45, 7) is 2.85. The normalized spacial score (nSPS) is 11.2. The molecule has 0 bridgehead atoms. The molecule has 19 heavy (non-hydrogen) atoms. The lowest BCUT2D eigenvalue weighted by atomic mass is 10.3. The van der Waals surface area contributed by atoms with Gasteiger partial charge in [-0.2, -0.15) is 0 Å². The van der Waals surface area contributed by atoms with Crippen molar-refractivity contribution < 1.29 is 0 Å². The fourth-order valence-corrected chi connectivity index (χ4v) is 2.68. The lowest BCUT2D eigenvalue weighted by Gasteiger charge is -2.05. The lowest BCUT2D eigenvalue weighted by Crippen LogP contribution is -2.16. The molecular formula is C14H16N4S. The summed E-state index contributed by atoms with van der Waals surface area (Å²) in [5, 5.41) is 6.57. The molecule has 0 aliphatic carbocycles. The van der Waals surface area contributed by atoms with Crippen LogP contribution in [0.25, 0.3) is 11.0 Å². The summed E-state index contributed by atoms with van der Waals surface area (Å²) in [7, 11) is 0. The van der Waals surface area contributed by atoms with Gasteiger partial charge in [-0.1, -0.05) is 12.1 Å². The molecular weight excluding hydrogens is 256 g/mol. The van der Waals surface area contributed by atoms with E-state index < -0.39 is 0 Å². The van der Waals surface area contributed by atoms with Crippen LogP contribution in [0.15, 0.2) is 42.2 Å². The maximum Gasteiger partial charge on any atom is 0.106 e. The Balaban J connectivity index is 1.47. The van der Waals surface area contributed by atoms with Crippen LogP contribution in [0.1, 0.15) is 11.4 Å². The highest BCUT2D eigenvalue weighted by molar-refractivity contribution is 7.09. The van der Waals surface area contributed by atoms with Crippen LogP contribution >= 0.6 is 11.3 Å². The SMILES string of the molecule is c1ccc2c(c1)ncn2CCCNCc1nccs1. The van der Waals surface area contributed by atoms with E-state index in [9.17, 15) is 0 Å². The van der Waals surface area contributed by atoms with Crippen molar-refractivity contribution in [2.45, 2.75) is 19.5 Å². The highest BCUT2D eigenvalue weighted by Crippen LogP contribution is 2.11. The van der Waals surface area contributed by atoms with E-state index in [2.05, 4.69) is 32.0 Å². The lowest BCUT2D eigenvalue weighted by molar-refractivity contribution is 0.588. The number of fused-ring (bicyclic) bond motifs is 1. The summed E-state index contributed by atoms with van der Waals surface area (Å²) >= 11 is 1.69. The molecule has 0 amide bonds. The smallest absolute Gasteiger partial charge is 0.106 e. The number of benzene rings is 1. The van der Waals surface area contributed by atoms with Crippen LogP contribution in [0.5, 0.6) is 0 Å². The first-order valence-corrected chi connectivity index (χ1v) is 7.30. The number of rotatable bonds is 6. The van der Waals surface area contributed by atoms with Gasteiger partial charge < -0.3 is 9.88 Å². The molecule has 2 aromatic heterocycles. The predicted molar refractivity (Wildman–Crippen MR) is 78.2 cm³/mol. The van der Waals surface area contributed by atoms with E-state index >= 15 is 0 Å². The Morgan fingerprint density at radius 1 is 1.21 bits per heavy atom. The van der Waals surface area contributed by atoms with E-state index in [1.807, 2.05) is 30.0 Å². The number of nitrogens with zero attached hydrogens (tertiary/aromatic N) is 3. The molecule has 0 spiro atoms. The standard InChI is InChI=1S/C14H16N4S/c1-2-5-13-12(4-1)17-11-18(13)8-3-6-15-10-14-16-7-9-19-14/h1-2,4-5,7,9,11,15H,3,6,8,10H2. The minimum Gasteiger partial charge on any atom is -0.331 e. The average molecular weight is 272 g/mol. The summed E-state index contributed by atoms with van der Waals surface area (Å²) in [6, 6.07) is 8.24. The van der Waals surface area contributed by atoms with Crippen molar-refractivity contribution in [2.24, 2.45) is 0 Å². The van der Waals surface area contributed by atoms with Gasteiger partial charge in [0.05, 0.1) is 17.4 Å². The third-order valence-corrected chi connectivity index (χ3v) is 3.82. The van der Waals surface area contributed by atoms with Crippen LogP contribution in [0, 0.1) is 0 Å². The molecule has 1 aromatic carbocycles. The monoisotopic (exact) mass is 272 g/mol. The summed E-state index contributed by atoms with van der Waals surface area (Å²) in [6.07, 6.45) is 4.86. The summed E-state index contributed by atoms with van der Waals surface area (Å²) in [5.41, 5.74) is 2.28. The minimum absolute atomic E-state index is 0.863. The number of aromatic nitrogens is 3. The van der Waals surface area contributed by atoms with E-state index in [1.54, 1.807) is 11.3 Å². The minimum atomic E-state index is 0.863. The van der Waals surface area contributed by atoms with Crippen molar-refractivity contribution in [3.05, 3.63) is 47.2 Å². The molecule has 98 valence electrons. The predicted octanol–water partition coefficient (Wildman–Crippen LogP) is 2.67. The van der Waals surface area contributed by atoms with E-state index in [0.29, 0.717) is 0 Å². The third kappa shape index (κ3) is 3.00. The van der Waals surface area contributed by atoms with Gasteiger partial charge in [-0.15, -0.1) is 11.3 Å². The maximum absolute atomic E-state index is 4.39. The third-order valence-electron chi connectivity index (χ3n) is 3.04. The largest absolute Gasteiger partial charge is 0.331 e. The summed E-state index contributed by atoms with van der Waals surface area (Å²) in [5.74, 6) is 0. The first-order chi connectivity index (χ1) is 9.43. The maximum atomic E-state index is 4.39. The van der Waals surface area contributed by atoms with E-state index in [4.69, 9.17) is 0 Å². The quantitative estimate of drug-likeness (QED) is 0.702. The molecule has 3 aromatic rings. The van der Waals surface area contributed by atoms with Crippen molar-refractivity contribution in [2.75, 3.05) is 6.54 Å². The molecule has 2 heterocycles. The topological polar surface area (TPSA) is 42.7 Å². The van der Waals surface area contributed by atoms with Gasteiger partial charge in [0.1, 0.15) is 5.01 Å². The fourth-order valence-electron chi connectivity index (χ4n) is 2.10. The van der Waals surface area contributed by atoms with Crippen LogP contribution in [-0.2, 0) is 13.1 Å². The van der Waals surface area contributed by atoms with Gasteiger partial charge in [-0.25, -0.2) is 9.97 Å². The number of hydrogen-bond donors (Lipinski definition) is 1. The van der Waals surface area contributed by atoms with Crippen LogP contribution in [0.2, 0.25) is 0 Å². The van der Waals surface area contributed by atoms with Crippen LogP contribution in [-0.4, -0.2) is 21.1 Å². The Morgan fingerprint density at radius 2 is 2.16 bits per heavy atom. The number of hydrogen-bond acceptors (Lipinski definition) is 4. The first-order valence-electron chi connectivity index (χ1n) is 6.42. The second kappa shape index (κ2) is 5.95. The molecule has 3 rings (SSSR count). The Kier molecular flexibility index (Phi) is 3.86. The van der Waals surface area contributed by atoms with E-state index in [-0.39, 0.29) is 0 Å². The highest BCUT2D eigenvalue weighted by Gasteiger charge is 2.00. The van der Waals surface area contributed by atoms with Crippen LogP contribution in [0.3, 0.4) is 0 Å². The molecule has 0 saturated heterocycles. The zero-order valence-electron chi connectivity index (χ0n) is 10.6. The van der Waals surface area contributed by atoms with Crippen LogP contribution < -0.4 is 5.32 Å². The van der Waals surface area contributed by atoms with Gasteiger partial charge in [0.2, 0.25) is 0 Å². The number of nitrogens with one attached hydrogen (secondary N) is 1. The van der Waals surface area contributed by atoms with Crippen molar-refractivity contribution >= 4 is 22.4 Å². The molecule has 0 aliphatic rings. The molecule has 5 heteroatoms. The van der Waals surface area contributed by atoms with Gasteiger partial charge >= 0.3 is 0 Å². The van der Waals surface area contributed by atoms with Crippen molar-refractivity contribution in [3.63, 3.8) is 0 Å². The van der Waals surface area contributed by atoms with Crippen molar-refractivity contribution in [1.82, 2.24) is 19.9 Å². The molecule has 0 saturated carbocycles. The average Bonchev–Trinajstić information content (AvgIpc) is 3.08. The van der Waals surface area contributed by atoms with Gasteiger partial charge in [0.15, 0.2) is 0 Å². The fraction of sp³-hybridized carbons (Fsp3) is 0.286. The van der Waals surface area contributed by atoms with Crippen molar-refractivity contribution in [3.8, 4) is 0 Å². The van der Waals surface area contributed by atoms with Crippen LogP contribution in [0.4, 0.5) is 0 Å². The molecule has 0 fully saturated rings. The second-order valence-electron chi connectivity index (χ2n) is 4.38. The Morgan fingerprint density at radius 3 is 3.05 bits per heavy atom. The summed E-state index contributed by atoms with van der Waals surface area (Å²) in [4.78, 5) is 8.64. The molecule has 4 nitrogen and oxygen atoms in total. The zero-order valence-corrected chi connectivity index (χ0v) is 11.4. The Bertz CT molecular complexity index is 630. The van der Waals surface area contributed by atoms with E-state index in [1.165, 1.54) is 5.52 Å². The summed E-state index contributed by atoms with van der Waals surface area (Å²) < 4.78 is 2.21. The molecule has 0 atom stereocenters. The number of imidazole rings is 1. The van der Waals surface area contributed by atoms with Gasteiger partial charge in [-0.3, -0.25) is 0 Å². The molecule has 0 aliphatic heterocycles. The second-order valence-corrected chi connectivity index (χ2v) is 5.36. The number of para-hydroxylation sites is 2. The number of aryl methyl sites for hydroxylation is 1. The van der Waals surface area contributed by atoms with Gasteiger partial charge in [0.25, 0.3) is 0 Å². The highest BCUT2D eigenvalue weighted by atomic mass is 32.1. The molecule has 0 radical (unpaired) electrons. The van der Waals surface area contributed by atoms with Crippen molar-refractivity contribution in [1.29, 1.82) is 0 Å². The molecule has 0 unspecified atom stereocenters. The Labute approximate surface area is 116 Å². The number of thiazole rings is 1.